The Kier molecular flexibility index (Phi) is 6.98. The van der Waals surface area contributed by atoms with Gasteiger partial charge in [-0.15, -0.1) is 24.0 Å². The lowest BCUT2D eigenvalue weighted by atomic mass is 9.73. The summed E-state index contributed by atoms with van der Waals surface area (Å²) in [5.74, 6) is 1.52. The number of guanidine groups is 1. The van der Waals surface area contributed by atoms with E-state index in [0.717, 1.165) is 38.4 Å². The smallest absolute Gasteiger partial charge is 0.223 e. The second-order valence-corrected chi connectivity index (χ2v) is 7.27. The molecule has 3 aliphatic rings. The van der Waals surface area contributed by atoms with Gasteiger partial charge in [-0.05, 0) is 37.5 Å². The summed E-state index contributed by atoms with van der Waals surface area (Å²) >= 11 is 0. The monoisotopic (exact) mass is 434 g/mol. The maximum atomic E-state index is 11.6. The minimum Gasteiger partial charge on any atom is -0.354 e. The van der Waals surface area contributed by atoms with Crippen LogP contribution >= 0.6 is 24.0 Å². The van der Waals surface area contributed by atoms with Gasteiger partial charge in [-0.3, -0.25) is 9.79 Å². The maximum Gasteiger partial charge on any atom is 0.223 e. The molecule has 6 heteroatoms. The summed E-state index contributed by atoms with van der Waals surface area (Å²) in [6.07, 6.45) is 10.4. The van der Waals surface area contributed by atoms with Crippen molar-refractivity contribution in [3.63, 3.8) is 0 Å². The van der Waals surface area contributed by atoms with Gasteiger partial charge in [0.15, 0.2) is 5.96 Å². The minimum atomic E-state index is 0. The molecular weight excluding hydrogens is 403 g/mol. The van der Waals surface area contributed by atoms with Gasteiger partial charge in [0.2, 0.25) is 5.91 Å². The number of rotatable bonds is 4. The first-order valence-electron chi connectivity index (χ1n) is 8.96. The SMILES string of the molecule is CN=C(NCCNC(=O)C1CC1)N1CCC2(CCCCC2)C1.I. The van der Waals surface area contributed by atoms with Crippen LogP contribution in [0.2, 0.25) is 0 Å². The topological polar surface area (TPSA) is 56.7 Å². The van der Waals surface area contributed by atoms with Crippen molar-refractivity contribution < 1.29 is 4.79 Å². The zero-order chi connectivity index (χ0) is 15.4. The van der Waals surface area contributed by atoms with Crippen molar-refractivity contribution >= 4 is 35.8 Å². The number of likely N-dealkylation sites (tertiary alicyclic amines) is 1. The first-order chi connectivity index (χ1) is 10.7. The van der Waals surface area contributed by atoms with Crippen LogP contribution in [0.4, 0.5) is 0 Å². The third-order valence-electron chi connectivity index (χ3n) is 5.52. The van der Waals surface area contributed by atoms with Gasteiger partial charge < -0.3 is 15.5 Å². The molecule has 2 N–H and O–H groups in total. The van der Waals surface area contributed by atoms with E-state index in [1.807, 2.05) is 7.05 Å². The summed E-state index contributed by atoms with van der Waals surface area (Å²) in [4.78, 5) is 18.4. The van der Waals surface area contributed by atoms with Crippen LogP contribution in [0.15, 0.2) is 4.99 Å². The Labute approximate surface area is 157 Å². The fourth-order valence-corrected chi connectivity index (χ4v) is 4.01. The van der Waals surface area contributed by atoms with Crippen LogP contribution in [-0.2, 0) is 4.79 Å². The molecule has 3 rings (SSSR count). The molecule has 0 bridgehead atoms. The number of carbonyl (C=O) groups excluding carboxylic acids is 1. The Balaban J connectivity index is 0.00000192. The molecule has 1 spiro atoms. The number of carbonyl (C=O) groups is 1. The molecule has 23 heavy (non-hydrogen) atoms. The molecule has 1 aliphatic heterocycles. The first-order valence-corrected chi connectivity index (χ1v) is 8.96. The van der Waals surface area contributed by atoms with E-state index >= 15 is 0 Å². The number of hydrogen-bond donors (Lipinski definition) is 2. The predicted octanol–water partition coefficient (Wildman–Crippen LogP) is 2.36. The van der Waals surface area contributed by atoms with Gasteiger partial charge >= 0.3 is 0 Å². The van der Waals surface area contributed by atoms with E-state index in [2.05, 4.69) is 20.5 Å². The van der Waals surface area contributed by atoms with Crippen molar-refractivity contribution in [3.05, 3.63) is 0 Å². The molecule has 0 aromatic heterocycles. The Morgan fingerprint density at radius 3 is 2.48 bits per heavy atom. The van der Waals surface area contributed by atoms with Crippen LogP contribution in [0.1, 0.15) is 51.4 Å². The summed E-state index contributed by atoms with van der Waals surface area (Å²) in [5, 5.41) is 6.41. The molecule has 0 atom stereocenters. The largest absolute Gasteiger partial charge is 0.354 e. The van der Waals surface area contributed by atoms with E-state index in [1.54, 1.807) is 0 Å². The van der Waals surface area contributed by atoms with Crippen LogP contribution < -0.4 is 10.6 Å². The first kappa shape index (κ1) is 18.8. The summed E-state index contributed by atoms with van der Waals surface area (Å²) < 4.78 is 0. The highest BCUT2D eigenvalue weighted by Crippen LogP contribution is 2.43. The summed E-state index contributed by atoms with van der Waals surface area (Å²) in [6, 6.07) is 0. The summed E-state index contributed by atoms with van der Waals surface area (Å²) in [6.45, 7) is 3.72. The van der Waals surface area contributed by atoms with Crippen molar-refractivity contribution in [2.45, 2.75) is 51.4 Å². The molecular formula is C17H31IN4O. The molecule has 2 saturated carbocycles. The van der Waals surface area contributed by atoms with E-state index in [4.69, 9.17) is 0 Å². The molecule has 1 saturated heterocycles. The Morgan fingerprint density at radius 2 is 1.83 bits per heavy atom. The quantitative estimate of drug-likeness (QED) is 0.309. The van der Waals surface area contributed by atoms with Gasteiger partial charge in [-0.25, -0.2) is 0 Å². The lowest BCUT2D eigenvalue weighted by Gasteiger charge is -2.33. The van der Waals surface area contributed by atoms with Crippen molar-refractivity contribution in [2.24, 2.45) is 16.3 Å². The van der Waals surface area contributed by atoms with Crippen LogP contribution in [0.25, 0.3) is 0 Å². The number of aliphatic imine (C=N–C) groups is 1. The maximum absolute atomic E-state index is 11.6. The van der Waals surface area contributed by atoms with Crippen molar-refractivity contribution in [2.75, 3.05) is 33.2 Å². The molecule has 2 aliphatic carbocycles. The van der Waals surface area contributed by atoms with Gasteiger partial charge in [0.25, 0.3) is 0 Å². The number of nitrogens with one attached hydrogen (secondary N) is 2. The molecule has 0 radical (unpaired) electrons. The van der Waals surface area contributed by atoms with Crippen molar-refractivity contribution in [1.29, 1.82) is 0 Å². The van der Waals surface area contributed by atoms with Crippen LogP contribution in [0.5, 0.6) is 0 Å². The predicted molar refractivity (Wildman–Crippen MR) is 104 cm³/mol. The van der Waals surface area contributed by atoms with Gasteiger partial charge in [0.05, 0.1) is 0 Å². The van der Waals surface area contributed by atoms with Gasteiger partial charge in [0.1, 0.15) is 0 Å². The van der Waals surface area contributed by atoms with E-state index < -0.39 is 0 Å². The van der Waals surface area contributed by atoms with Crippen LogP contribution in [0.3, 0.4) is 0 Å². The molecule has 5 nitrogen and oxygen atoms in total. The van der Waals surface area contributed by atoms with Gasteiger partial charge in [-0.2, -0.15) is 0 Å². The van der Waals surface area contributed by atoms with Gasteiger partial charge in [0, 0.05) is 39.1 Å². The van der Waals surface area contributed by atoms with E-state index in [-0.39, 0.29) is 29.9 Å². The minimum absolute atomic E-state index is 0. The number of hydrogen-bond acceptors (Lipinski definition) is 2. The highest BCUT2D eigenvalue weighted by atomic mass is 127. The fourth-order valence-electron chi connectivity index (χ4n) is 4.01. The molecule has 0 aromatic rings. The van der Waals surface area contributed by atoms with Crippen LogP contribution in [0, 0.1) is 11.3 Å². The normalized spacial score (nSPS) is 23.5. The molecule has 0 unspecified atom stereocenters. The second-order valence-electron chi connectivity index (χ2n) is 7.27. The molecule has 1 amide bonds. The second kappa shape index (κ2) is 8.53. The number of amides is 1. The van der Waals surface area contributed by atoms with Crippen molar-refractivity contribution in [1.82, 2.24) is 15.5 Å². The van der Waals surface area contributed by atoms with Gasteiger partial charge in [-0.1, -0.05) is 19.3 Å². The molecule has 3 fully saturated rings. The average molecular weight is 434 g/mol. The number of nitrogens with zero attached hydrogens (tertiary/aromatic N) is 2. The molecule has 1 heterocycles. The third kappa shape index (κ3) is 4.97. The Hall–Kier alpha value is -0.530. The lowest BCUT2D eigenvalue weighted by Crippen LogP contribution is -2.44. The highest BCUT2D eigenvalue weighted by molar-refractivity contribution is 14.0. The van der Waals surface area contributed by atoms with E-state index in [0.29, 0.717) is 17.9 Å². The lowest BCUT2D eigenvalue weighted by molar-refractivity contribution is -0.122. The fraction of sp³-hybridized carbons (Fsp3) is 0.882. The summed E-state index contributed by atoms with van der Waals surface area (Å²) in [5.41, 5.74) is 0.552. The average Bonchev–Trinajstić information content (AvgIpc) is 3.32. The van der Waals surface area contributed by atoms with E-state index in [9.17, 15) is 4.79 Å². The van der Waals surface area contributed by atoms with Crippen molar-refractivity contribution in [3.8, 4) is 0 Å². The summed E-state index contributed by atoms with van der Waals surface area (Å²) in [7, 11) is 1.86. The Morgan fingerprint density at radius 1 is 1.13 bits per heavy atom. The highest BCUT2D eigenvalue weighted by Gasteiger charge is 2.39. The standard InChI is InChI=1S/C17H30N4O.HI/c1-18-16(20-11-10-19-15(22)14-5-6-14)21-12-9-17(13-21)7-3-2-4-8-17;/h14H,2-13H2,1H3,(H,18,20)(H,19,22);1H. The zero-order valence-corrected chi connectivity index (χ0v) is 16.6. The van der Waals surface area contributed by atoms with Crippen LogP contribution in [-0.4, -0.2) is 50.0 Å². The van der Waals surface area contributed by atoms with E-state index in [1.165, 1.54) is 38.5 Å². The molecule has 0 aromatic carbocycles. The third-order valence-corrected chi connectivity index (χ3v) is 5.52. The zero-order valence-electron chi connectivity index (χ0n) is 14.3. The molecule has 132 valence electrons. The Bertz CT molecular complexity index is 430. The number of halogens is 1.